The third kappa shape index (κ3) is 4.81. The summed E-state index contributed by atoms with van der Waals surface area (Å²) in [7, 11) is -2.26. The Morgan fingerprint density at radius 3 is 2.57 bits per heavy atom. The van der Waals surface area contributed by atoms with Crippen molar-refractivity contribution in [2.24, 2.45) is 0 Å². The van der Waals surface area contributed by atoms with Crippen LogP contribution in [0, 0.1) is 0 Å². The zero-order valence-corrected chi connectivity index (χ0v) is 15.1. The zero-order chi connectivity index (χ0) is 17.2. The van der Waals surface area contributed by atoms with Crippen LogP contribution in [0.3, 0.4) is 0 Å². The molecular formula is C14H18Cl2N2O4S. The lowest BCUT2D eigenvalue weighted by molar-refractivity contribution is 0.0905. The number of hydrogen-bond donors (Lipinski definition) is 2. The maximum Gasteiger partial charge on any atom is 0.253 e. The zero-order valence-electron chi connectivity index (χ0n) is 12.7. The summed E-state index contributed by atoms with van der Waals surface area (Å²) in [5.74, 6) is -0.487. The Bertz CT molecular complexity index is 705. The molecule has 23 heavy (non-hydrogen) atoms. The number of benzene rings is 1. The second-order valence-electron chi connectivity index (χ2n) is 5.49. The number of methoxy groups -OCH3 is 1. The lowest BCUT2D eigenvalue weighted by Crippen LogP contribution is -2.36. The monoisotopic (exact) mass is 380 g/mol. The molecule has 0 spiro atoms. The number of sulfonamides is 1. The van der Waals surface area contributed by atoms with E-state index in [0.29, 0.717) is 6.61 Å². The minimum Gasteiger partial charge on any atom is -0.383 e. The predicted octanol–water partition coefficient (Wildman–Crippen LogP) is 2.20. The van der Waals surface area contributed by atoms with Crippen molar-refractivity contribution in [2.75, 3.05) is 13.7 Å². The number of carbonyl (C=O) groups excluding carboxylic acids is 1. The Morgan fingerprint density at radius 2 is 2.00 bits per heavy atom. The highest BCUT2D eigenvalue weighted by Crippen LogP contribution is 2.30. The minimum absolute atomic E-state index is 0.0235. The van der Waals surface area contributed by atoms with Crippen LogP contribution in [0.5, 0.6) is 0 Å². The highest BCUT2D eigenvalue weighted by molar-refractivity contribution is 7.89. The summed E-state index contributed by atoms with van der Waals surface area (Å²) in [6.45, 7) is 2.09. The molecule has 0 aliphatic heterocycles. The molecule has 1 atom stereocenters. The van der Waals surface area contributed by atoms with Crippen LogP contribution in [-0.4, -0.2) is 40.1 Å². The molecule has 1 fully saturated rings. The van der Waals surface area contributed by atoms with E-state index in [-0.39, 0.29) is 32.6 Å². The second-order valence-corrected chi connectivity index (χ2v) is 7.98. The van der Waals surface area contributed by atoms with Crippen molar-refractivity contribution in [3.8, 4) is 0 Å². The van der Waals surface area contributed by atoms with Gasteiger partial charge in [0.2, 0.25) is 10.0 Å². The number of ether oxygens (including phenoxy) is 1. The molecule has 0 radical (unpaired) electrons. The number of hydrogen-bond acceptors (Lipinski definition) is 4. The fourth-order valence-corrected chi connectivity index (χ4v) is 4.15. The number of carbonyl (C=O) groups is 1. The van der Waals surface area contributed by atoms with Gasteiger partial charge in [0.15, 0.2) is 0 Å². The lowest BCUT2D eigenvalue weighted by atomic mass is 10.2. The molecule has 0 saturated heterocycles. The molecule has 6 nitrogen and oxygen atoms in total. The SMILES string of the molecule is COCC(C)NC(=O)c1cc(S(=O)(=O)NC2CC2)c(Cl)cc1Cl. The number of halogens is 2. The predicted molar refractivity (Wildman–Crippen MR) is 88.6 cm³/mol. The minimum atomic E-state index is -3.78. The average Bonchev–Trinajstić information content (AvgIpc) is 3.21. The fourth-order valence-electron chi connectivity index (χ4n) is 1.99. The summed E-state index contributed by atoms with van der Waals surface area (Å²) in [5.41, 5.74) is 0.0511. The number of nitrogens with one attached hydrogen (secondary N) is 2. The summed E-state index contributed by atoms with van der Waals surface area (Å²) in [6.07, 6.45) is 1.60. The van der Waals surface area contributed by atoms with E-state index in [0.717, 1.165) is 12.8 Å². The van der Waals surface area contributed by atoms with Crippen LogP contribution in [-0.2, 0) is 14.8 Å². The topological polar surface area (TPSA) is 84.5 Å². The first-order valence-electron chi connectivity index (χ1n) is 7.05. The van der Waals surface area contributed by atoms with Crippen molar-refractivity contribution in [2.45, 2.75) is 36.7 Å². The lowest BCUT2D eigenvalue weighted by Gasteiger charge is -2.15. The van der Waals surface area contributed by atoms with Crippen LogP contribution in [0.4, 0.5) is 0 Å². The Hall–Kier alpha value is -0.860. The molecule has 0 heterocycles. The third-order valence-corrected chi connectivity index (χ3v) is 5.55. The molecule has 1 aliphatic carbocycles. The van der Waals surface area contributed by atoms with Crippen molar-refractivity contribution in [1.82, 2.24) is 10.0 Å². The molecule has 1 unspecified atom stereocenters. The highest BCUT2D eigenvalue weighted by Gasteiger charge is 2.30. The first-order chi connectivity index (χ1) is 10.7. The van der Waals surface area contributed by atoms with E-state index in [1.807, 2.05) is 0 Å². The van der Waals surface area contributed by atoms with Crippen LogP contribution in [0.25, 0.3) is 0 Å². The average molecular weight is 381 g/mol. The van der Waals surface area contributed by atoms with Gasteiger partial charge in [0.25, 0.3) is 5.91 Å². The molecule has 2 rings (SSSR count). The quantitative estimate of drug-likeness (QED) is 0.759. The molecule has 0 aromatic heterocycles. The van der Waals surface area contributed by atoms with Gasteiger partial charge in [0.1, 0.15) is 4.90 Å². The highest BCUT2D eigenvalue weighted by atomic mass is 35.5. The van der Waals surface area contributed by atoms with Gasteiger partial charge in [-0.2, -0.15) is 0 Å². The smallest absolute Gasteiger partial charge is 0.253 e. The van der Waals surface area contributed by atoms with E-state index < -0.39 is 15.9 Å². The van der Waals surface area contributed by atoms with Gasteiger partial charge in [-0.1, -0.05) is 23.2 Å². The molecular weight excluding hydrogens is 363 g/mol. The number of rotatable bonds is 7. The molecule has 2 N–H and O–H groups in total. The Kier molecular flexibility index (Phi) is 5.91. The summed E-state index contributed by atoms with van der Waals surface area (Å²) < 4.78 is 32.1. The Morgan fingerprint density at radius 1 is 1.35 bits per heavy atom. The van der Waals surface area contributed by atoms with E-state index in [2.05, 4.69) is 10.0 Å². The largest absolute Gasteiger partial charge is 0.383 e. The fraction of sp³-hybridized carbons (Fsp3) is 0.500. The van der Waals surface area contributed by atoms with Crippen LogP contribution >= 0.6 is 23.2 Å². The standard InChI is InChI=1S/C14H18Cl2N2O4S/c1-8(7-22-2)17-14(19)10-5-13(12(16)6-11(10)15)23(20,21)18-9-3-4-9/h5-6,8-9,18H,3-4,7H2,1-2H3,(H,17,19). The molecule has 1 saturated carbocycles. The maximum atomic E-state index is 12.3. The molecule has 0 bridgehead atoms. The first kappa shape index (κ1) is 18.5. The van der Waals surface area contributed by atoms with E-state index in [1.54, 1.807) is 6.92 Å². The summed E-state index contributed by atoms with van der Waals surface area (Å²) in [4.78, 5) is 12.1. The van der Waals surface area contributed by atoms with Gasteiger partial charge in [-0.15, -0.1) is 0 Å². The van der Waals surface area contributed by atoms with E-state index in [4.69, 9.17) is 27.9 Å². The van der Waals surface area contributed by atoms with Crippen molar-refractivity contribution in [1.29, 1.82) is 0 Å². The van der Waals surface area contributed by atoms with Crippen LogP contribution in [0.15, 0.2) is 17.0 Å². The van der Waals surface area contributed by atoms with Crippen LogP contribution < -0.4 is 10.0 Å². The number of amides is 1. The van der Waals surface area contributed by atoms with E-state index >= 15 is 0 Å². The van der Waals surface area contributed by atoms with Gasteiger partial charge in [-0.05, 0) is 31.9 Å². The van der Waals surface area contributed by atoms with Crippen LogP contribution in [0.1, 0.15) is 30.1 Å². The Labute approximate surface area is 145 Å². The molecule has 1 aromatic carbocycles. The normalized spacial score (nSPS) is 16.2. The van der Waals surface area contributed by atoms with E-state index in [1.165, 1.54) is 19.2 Å². The molecule has 9 heteroatoms. The van der Waals surface area contributed by atoms with Gasteiger partial charge in [-0.3, -0.25) is 4.79 Å². The van der Waals surface area contributed by atoms with E-state index in [9.17, 15) is 13.2 Å². The molecule has 128 valence electrons. The third-order valence-electron chi connectivity index (χ3n) is 3.25. The first-order valence-corrected chi connectivity index (χ1v) is 9.29. The van der Waals surface area contributed by atoms with Crippen LogP contribution in [0.2, 0.25) is 10.0 Å². The molecule has 1 amide bonds. The molecule has 1 aromatic rings. The second kappa shape index (κ2) is 7.36. The Balaban J connectivity index is 2.30. The van der Waals surface area contributed by atoms with Crippen molar-refractivity contribution in [3.63, 3.8) is 0 Å². The van der Waals surface area contributed by atoms with Crippen molar-refractivity contribution >= 4 is 39.1 Å². The summed E-state index contributed by atoms with van der Waals surface area (Å²) in [6, 6.07) is 2.15. The maximum absolute atomic E-state index is 12.3. The van der Waals surface area contributed by atoms with Crippen molar-refractivity contribution < 1.29 is 17.9 Å². The van der Waals surface area contributed by atoms with Gasteiger partial charge in [0.05, 0.1) is 22.2 Å². The van der Waals surface area contributed by atoms with Gasteiger partial charge < -0.3 is 10.1 Å². The molecule has 1 aliphatic rings. The summed E-state index contributed by atoms with van der Waals surface area (Å²) in [5, 5.41) is 2.74. The van der Waals surface area contributed by atoms with Gasteiger partial charge >= 0.3 is 0 Å². The summed E-state index contributed by atoms with van der Waals surface area (Å²) >= 11 is 12.0. The van der Waals surface area contributed by atoms with Crippen molar-refractivity contribution in [3.05, 3.63) is 27.7 Å². The van der Waals surface area contributed by atoms with Gasteiger partial charge in [0, 0.05) is 19.2 Å². The van der Waals surface area contributed by atoms with Gasteiger partial charge in [-0.25, -0.2) is 13.1 Å².